The average Bonchev–Trinajstić information content (AvgIpc) is 2.70. The predicted octanol–water partition coefficient (Wildman–Crippen LogP) is 1.26. The lowest BCUT2D eigenvalue weighted by Gasteiger charge is -2.03. The van der Waals surface area contributed by atoms with Crippen molar-refractivity contribution < 1.29 is 9.32 Å². The Morgan fingerprint density at radius 3 is 2.94 bits per heavy atom. The fourth-order valence-electron chi connectivity index (χ4n) is 1.14. The maximum atomic E-state index is 11.7. The maximum Gasteiger partial charge on any atom is 0.262 e. The molecule has 0 atom stereocenters. The topological polar surface area (TPSA) is 107 Å². The Balaban J connectivity index is 2.19. The van der Waals surface area contributed by atoms with E-state index in [-0.39, 0.29) is 16.8 Å². The van der Waals surface area contributed by atoms with Gasteiger partial charge in [0, 0.05) is 0 Å². The van der Waals surface area contributed by atoms with Crippen LogP contribution in [-0.4, -0.2) is 21.0 Å². The van der Waals surface area contributed by atoms with Gasteiger partial charge in [-0.1, -0.05) is 16.8 Å². The van der Waals surface area contributed by atoms with E-state index in [9.17, 15) is 4.79 Å². The highest BCUT2D eigenvalue weighted by Crippen LogP contribution is 2.15. The average molecular weight is 254 g/mol. The van der Waals surface area contributed by atoms with Gasteiger partial charge in [-0.05, 0) is 6.92 Å². The molecule has 17 heavy (non-hydrogen) atoms. The van der Waals surface area contributed by atoms with E-state index in [4.69, 9.17) is 17.3 Å². The molecule has 0 radical (unpaired) electrons. The molecule has 3 N–H and O–H groups in total. The Bertz CT molecular complexity index is 568. The van der Waals surface area contributed by atoms with E-state index in [2.05, 4.69) is 25.0 Å². The molecule has 2 aromatic rings. The van der Waals surface area contributed by atoms with Gasteiger partial charge < -0.3 is 15.6 Å². The van der Waals surface area contributed by atoms with Crippen molar-refractivity contribution in [1.29, 1.82) is 0 Å². The monoisotopic (exact) mass is 253 g/mol. The first-order chi connectivity index (χ1) is 8.08. The Morgan fingerprint density at radius 1 is 1.59 bits per heavy atom. The third-order valence-corrected chi connectivity index (χ3v) is 2.28. The number of nitrogens with zero attached hydrogens (tertiary/aromatic N) is 3. The normalized spacial score (nSPS) is 10.2. The smallest absolute Gasteiger partial charge is 0.262 e. The highest BCUT2D eigenvalue weighted by atomic mass is 35.5. The van der Waals surface area contributed by atoms with Crippen molar-refractivity contribution in [3.8, 4) is 0 Å². The van der Waals surface area contributed by atoms with Gasteiger partial charge in [0.25, 0.3) is 5.91 Å². The molecule has 0 aromatic carbocycles. The molecule has 0 aliphatic carbocycles. The molecule has 0 fully saturated rings. The first-order valence-corrected chi connectivity index (χ1v) is 4.96. The van der Waals surface area contributed by atoms with E-state index in [1.54, 1.807) is 6.92 Å². The Hall–Kier alpha value is -2.15. The first-order valence-electron chi connectivity index (χ1n) is 4.58. The van der Waals surface area contributed by atoms with Crippen molar-refractivity contribution in [3.63, 3.8) is 0 Å². The van der Waals surface area contributed by atoms with Crippen molar-refractivity contribution in [2.45, 2.75) is 6.92 Å². The van der Waals surface area contributed by atoms with Crippen LogP contribution in [0, 0.1) is 6.92 Å². The molecular formula is C9H8ClN5O2. The van der Waals surface area contributed by atoms with Gasteiger partial charge in [0.05, 0.1) is 11.9 Å². The van der Waals surface area contributed by atoms with E-state index in [0.717, 1.165) is 0 Å². The van der Waals surface area contributed by atoms with E-state index >= 15 is 0 Å². The molecule has 2 rings (SSSR count). The van der Waals surface area contributed by atoms with Gasteiger partial charge >= 0.3 is 0 Å². The van der Waals surface area contributed by atoms with Crippen LogP contribution in [0.4, 0.5) is 11.6 Å². The van der Waals surface area contributed by atoms with E-state index in [0.29, 0.717) is 11.3 Å². The molecule has 0 spiro atoms. The number of aryl methyl sites for hydroxylation is 1. The quantitative estimate of drug-likeness (QED) is 0.834. The van der Waals surface area contributed by atoms with E-state index in [1.165, 1.54) is 12.5 Å². The molecule has 2 heterocycles. The van der Waals surface area contributed by atoms with Gasteiger partial charge in [-0.25, -0.2) is 9.97 Å². The third-order valence-electron chi connectivity index (χ3n) is 1.99. The highest BCUT2D eigenvalue weighted by Gasteiger charge is 2.14. The summed E-state index contributed by atoms with van der Waals surface area (Å²) in [5.41, 5.74) is 6.26. The summed E-state index contributed by atoms with van der Waals surface area (Å²) < 4.78 is 4.65. The van der Waals surface area contributed by atoms with Gasteiger partial charge in [-0.15, -0.1) is 0 Å². The van der Waals surface area contributed by atoms with Crippen LogP contribution in [-0.2, 0) is 0 Å². The zero-order chi connectivity index (χ0) is 12.4. The standard InChI is InChI=1S/C9H8ClN5O2/c1-4-5(3-17-15-4)9(16)14-6-2-12-7(10)8(11)13-6/h2-3H,1H3,(H3,11,13,14,16). The van der Waals surface area contributed by atoms with Crippen LogP contribution >= 0.6 is 11.6 Å². The fourth-order valence-corrected chi connectivity index (χ4v) is 1.23. The molecular weight excluding hydrogens is 246 g/mol. The van der Waals surface area contributed by atoms with Gasteiger partial charge in [-0.3, -0.25) is 4.79 Å². The minimum atomic E-state index is -0.403. The van der Waals surface area contributed by atoms with Gasteiger partial charge in [-0.2, -0.15) is 0 Å². The summed E-state index contributed by atoms with van der Waals surface area (Å²) in [7, 11) is 0. The molecule has 0 unspecified atom stereocenters. The lowest BCUT2D eigenvalue weighted by molar-refractivity contribution is 0.102. The highest BCUT2D eigenvalue weighted by molar-refractivity contribution is 6.31. The van der Waals surface area contributed by atoms with Crippen LogP contribution in [0.2, 0.25) is 5.15 Å². The number of hydrogen-bond donors (Lipinski definition) is 2. The predicted molar refractivity (Wildman–Crippen MR) is 60.6 cm³/mol. The largest absolute Gasteiger partial charge is 0.381 e. The van der Waals surface area contributed by atoms with Crippen LogP contribution in [0.5, 0.6) is 0 Å². The summed E-state index contributed by atoms with van der Waals surface area (Å²) in [5, 5.41) is 6.18. The summed E-state index contributed by atoms with van der Waals surface area (Å²) in [5.74, 6) is -0.149. The number of rotatable bonds is 2. The van der Waals surface area contributed by atoms with Crippen LogP contribution < -0.4 is 11.1 Å². The Kier molecular flexibility index (Phi) is 2.92. The molecule has 0 saturated carbocycles. The zero-order valence-electron chi connectivity index (χ0n) is 8.77. The lowest BCUT2D eigenvalue weighted by atomic mass is 10.2. The molecule has 0 bridgehead atoms. The number of aromatic nitrogens is 3. The molecule has 2 aromatic heterocycles. The SMILES string of the molecule is Cc1nocc1C(=O)Nc1cnc(Cl)c(N)n1. The number of amides is 1. The second-order valence-corrected chi connectivity index (χ2v) is 3.56. The second kappa shape index (κ2) is 4.38. The van der Waals surface area contributed by atoms with Crippen LogP contribution in [0.3, 0.4) is 0 Å². The zero-order valence-corrected chi connectivity index (χ0v) is 9.52. The van der Waals surface area contributed by atoms with Crippen LogP contribution in [0.25, 0.3) is 0 Å². The molecule has 88 valence electrons. The Morgan fingerprint density at radius 2 is 2.35 bits per heavy atom. The number of anilines is 2. The number of carbonyl (C=O) groups is 1. The second-order valence-electron chi connectivity index (χ2n) is 3.20. The summed E-state index contributed by atoms with van der Waals surface area (Å²) >= 11 is 5.61. The van der Waals surface area contributed by atoms with Gasteiger partial charge in [0.2, 0.25) is 0 Å². The number of nitrogen functional groups attached to an aromatic ring is 1. The molecule has 1 amide bonds. The Labute approximate surface area is 101 Å². The van der Waals surface area contributed by atoms with Gasteiger partial charge in [0.15, 0.2) is 16.8 Å². The number of nitrogens with two attached hydrogens (primary N) is 1. The minimum Gasteiger partial charge on any atom is -0.381 e. The third kappa shape index (κ3) is 2.34. The van der Waals surface area contributed by atoms with Crippen molar-refractivity contribution in [1.82, 2.24) is 15.1 Å². The summed E-state index contributed by atoms with van der Waals surface area (Å²) in [6.07, 6.45) is 2.55. The molecule has 0 saturated heterocycles. The van der Waals surface area contributed by atoms with Crippen molar-refractivity contribution in [2.75, 3.05) is 11.1 Å². The van der Waals surface area contributed by atoms with Crippen molar-refractivity contribution in [3.05, 3.63) is 28.9 Å². The molecule has 0 aliphatic heterocycles. The van der Waals surface area contributed by atoms with Gasteiger partial charge in [0.1, 0.15) is 11.8 Å². The first kappa shape index (κ1) is 11.3. The van der Waals surface area contributed by atoms with E-state index < -0.39 is 5.91 Å². The fraction of sp³-hybridized carbons (Fsp3) is 0.111. The molecule has 7 nitrogen and oxygen atoms in total. The molecule has 8 heteroatoms. The lowest BCUT2D eigenvalue weighted by Crippen LogP contribution is -2.14. The number of carbonyl (C=O) groups excluding carboxylic acids is 1. The summed E-state index contributed by atoms with van der Waals surface area (Å²) in [6.45, 7) is 1.65. The molecule has 0 aliphatic rings. The maximum absolute atomic E-state index is 11.7. The van der Waals surface area contributed by atoms with E-state index in [1.807, 2.05) is 0 Å². The van der Waals surface area contributed by atoms with Crippen molar-refractivity contribution >= 4 is 29.1 Å². The minimum absolute atomic E-state index is 0.0477. The summed E-state index contributed by atoms with van der Waals surface area (Å²) in [4.78, 5) is 19.4. The number of nitrogens with one attached hydrogen (secondary N) is 1. The summed E-state index contributed by atoms with van der Waals surface area (Å²) in [6, 6.07) is 0. The van der Waals surface area contributed by atoms with Crippen LogP contribution in [0.1, 0.15) is 16.1 Å². The van der Waals surface area contributed by atoms with Crippen molar-refractivity contribution in [2.24, 2.45) is 0 Å². The number of halogens is 1. The van der Waals surface area contributed by atoms with Crippen LogP contribution in [0.15, 0.2) is 17.0 Å². The number of hydrogen-bond acceptors (Lipinski definition) is 6.